The SMILES string of the molecule is CCCCc1ccc(-n2nc3cc(Cl)c(NC(=S)NC(=O)c4cccc(C)c4OC)cc3n2)cc1. The van der Waals surface area contributed by atoms with Gasteiger partial charge in [-0.2, -0.15) is 4.80 Å². The fraction of sp³-hybridized carbons (Fsp3) is 0.231. The van der Waals surface area contributed by atoms with E-state index in [0.29, 0.717) is 33.1 Å². The van der Waals surface area contributed by atoms with Gasteiger partial charge < -0.3 is 10.1 Å². The third kappa shape index (κ3) is 5.61. The van der Waals surface area contributed by atoms with E-state index in [4.69, 9.17) is 28.6 Å². The van der Waals surface area contributed by atoms with Crippen LogP contribution in [-0.4, -0.2) is 33.1 Å². The Morgan fingerprint density at radius 1 is 1.11 bits per heavy atom. The second kappa shape index (κ2) is 10.8. The molecule has 0 fully saturated rings. The molecule has 35 heavy (non-hydrogen) atoms. The first kappa shape index (κ1) is 24.6. The summed E-state index contributed by atoms with van der Waals surface area (Å²) < 4.78 is 5.36. The summed E-state index contributed by atoms with van der Waals surface area (Å²) in [4.78, 5) is 14.3. The number of halogens is 1. The van der Waals surface area contributed by atoms with Gasteiger partial charge in [-0.15, -0.1) is 10.2 Å². The standard InChI is InChI=1S/C26H26ClN5O2S/c1-4-5-8-17-10-12-18(13-11-17)32-30-22-14-20(27)21(15-23(22)31-32)28-26(35)29-25(33)19-9-6-7-16(2)24(19)34-3/h6-7,9-15H,4-5,8H2,1-3H3,(H2,28,29,33,35). The van der Waals surface area contributed by atoms with E-state index < -0.39 is 0 Å². The molecule has 4 rings (SSSR count). The van der Waals surface area contributed by atoms with Crippen molar-refractivity contribution in [1.29, 1.82) is 0 Å². The number of rotatable bonds is 7. The Labute approximate surface area is 214 Å². The summed E-state index contributed by atoms with van der Waals surface area (Å²) in [5, 5.41) is 15.3. The molecule has 0 aliphatic rings. The molecule has 1 amide bonds. The van der Waals surface area contributed by atoms with Crippen molar-refractivity contribution < 1.29 is 9.53 Å². The van der Waals surface area contributed by atoms with E-state index in [-0.39, 0.29) is 11.0 Å². The summed E-state index contributed by atoms with van der Waals surface area (Å²) in [6, 6.07) is 17.0. The molecule has 0 radical (unpaired) electrons. The Morgan fingerprint density at radius 2 is 1.83 bits per heavy atom. The van der Waals surface area contributed by atoms with E-state index in [1.54, 1.807) is 29.1 Å². The fourth-order valence-electron chi connectivity index (χ4n) is 3.75. The van der Waals surface area contributed by atoms with Gasteiger partial charge in [-0.1, -0.05) is 49.2 Å². The fourth-order valence-corrected chi connectivity index (χ4v) is 4.16. The van der Waals surface area contributed by atoms with Crippen molar-refractivity contribution >= 4 is 51.6 Å². The molecular formula is C26H26ClN5O2S. The molecule has 0 aliphatic carbocycles. The second-order valence-electron chi connectivity index (χ2n) is 8.14. The number of aromatic nitrogens is 3. The summed E-state index contributed by atoms with van der Waals surface area (Å²) in [6.45, 7) is 4.05. The van der Waals surface area contributed by atoms with Crippen LogP contribution in [0.1, 0.15) is 41.3 Å². The molecule has 0 spiro atoms. The van der Waals surface area contributed by atoms with Crippen LogP contribution in [0.4, 0.5) is 5.69 Å². The number of para-hydroxylation sites is 1. The number of methoxy groups -OCH3 is 1. The van der Waals surface area contributed by atoms with E-state index in [0.717, 1.165) is 24.1 Å². The lowest BCUT2D eigenvalue weighted by molar-refractivity contribution is 0.0974. The Bertz CT molecular complexity index is 1380. The molecule has 2 N–H and O–H groups in total. The zero-order valence-electron chi connectivity index (χ0n) is 19.8. The average molecular weight is 508 g/mol. The van der Waals surface area contributed by atoms with Gasteiger partial charge in [-0.3, -0.25) is 10.1 Å². The highest BCUT2D eigenvalue weighted by Crippen LogP contribution is 2.27. The van der Waals surface area contributed by atoms with Gasteiger partial charge >= 0.3 is 0 Å². The zero-order chi connectivity index (χ0) is 24.9. The van der Waals surface area contributed by atoms with Gasteiger partial charge in [-0.25, -0.2) is 0 Å². The van der Waals surface area contributed by atoms with Gasteiger partial charge in [0.1, 0.15) is 16.8 Å². The molecule has 9 heteroatoms. The first-order chi connectivity index (χ1) is 16.9. The number of nitrogens with one attached hydrogen (secondary N) is 2. The molecule has 4 aromatic rings. The van der Waals surface area contributed by atoms with Crippen LogP contribution in [0.15, 0.2) is 54.6 Å². The number of aryl methyl sites for hydroxylation is 2. The molecule has 180 valence electrons. The van der Waals surface area contributed by atoms with Crippen LogP contribution < -0.4 is 15.4 Å². The highest BCUT2D eigenvalue weighted by atomic mass is 35.5. The molecular weight excluding hydrogens is 482 g/mol. The maximum absolute atomic E-state index is 12.7. The van der Waals surface area contributed by atoms with Crippen LogP contribution in [0.2, 0.25) is 5.02 Å². The highest BCUT2D eigenvalue weighted by molar-refractivity contribution is 7.80. The number of carbonyl (C=O) groups excluding carboxylic acids is 1. The van der Waals surface area contributed by atoms with Crippen molar-refractivity contribution in [2.45, 2.75) is 33.1 Å². The van der Waals surface area contributed by atoms with Crippen LogP contribution in [0, 0.1) is 6.92 Å². The van der Waals surface area contributed by atoms with Crippen molar-refractivity contribution in [3.8, 4) is 11.4 Å². The summed E-state index contributed by atoms with van der Waals surface area (Å²) in [6.07, 6.45) is 3.39. The minimum Gasteiger partial charge on any atom is -0.496 e. The molecule has 1 aromatic heterocycles. The third-order valence-electron chi connectivity index (χ3n) is 5.59. The maximum atomic E-state index is 12.7. The number of carbonyl (C=O) groups is 1. The average Bonchev–Trinajstić information content (AvgIpc) is 3.25. The minimum atomic E-state index is -0.381. The van der Waals surface area contributed by atoms with E-state index in [1.807, 2.05) is 25.1 Å². The molecule has 0 saturated heterocycles. The molecule has 0 saturated carbocycles. The molecule has 0 bridgehead atoms. The monoisotopic (exact) mass is 507 g/mol. The second-order valence-corrected chi connectivity index (χ2v) is 8.96. The molecule has 3 aromatic carbocycles. The number of fused-ring (bicyclic) bond motifs is 1. The number of hydrogen-bond donors (Lipinski definition) is 2. The first-order valence-electron chi connectivity index (χ1n) is 11.3. The smallest absolute Gasteiger partial charge is 0.261 e. The number of anilines is 1. The van der Waals surface area contributed by atoms with E-state index >= 15 is 0 Å². The number of amides is 1. The molecule has 7 nitrogen and oxygen atoms in total. The van der Waals surface area contributed by atoms with Crippen LogP contribution in [0.3, 0.4) is 0 Å². The van der Waals surface area contributed by atoms with Crippen molar-refractivity contribution in [2.75, 3.05) is 12.4 Å². The van der Waals surface area contributed by atoms with Crippen LogP contribution >= 0.6 is 23.8 Å². The van der Waals surface area contributed by atoms with Crippen LogP contribution in [0.25, 0.3) is 16.7 Å². The van der Waals surface area contributed by atoms with Crippen LogP contribution in [0.5, 0.6) is 5.75 Å². The van der Waals surface area contributed by atoms with Crippen LogP contribution in [-0.2, 0) is 6.42 Å². The largest absolute Gasteiger partial charge is 0.496 e. The Balaban J connectivity index is 1.50. The minimum absolute atomic E-state index is 0.106. The van der Waals surface area contributed by atoms with Crippen molar-refractivity contribution in [1.82, 2.24) is 20.3 Å². The lowest BCUT2D eigenvalue weighted by atomic mass is 10.1. The van der Waals surface area contributed by atoms with E-state index in [2.05, 4.69) is 39.9 Å². The zero-order valence-corrected chi connectivity index (χ0v) is 21.3. The van der Waals surface area contributed by atoms with Crippen molar-refractivity contribution in [3.63, 3.8) is 0 Å². The summed E-state index contributed by atoms with van der Waals surface area (Å²) in [5.74, 6) is 0.121. The third-order valence-corrected chi connectivity index (χ3v) is 6.11. The van der Waals surface area contributed by atoms with Gasteiger partial charge in [0, 0.05) is 0 Å². The number of benzene rings is 3. The van der Waals surface area contributed by atoms with Crippen molar-refractivity contribution in [3.05, 3.63) is 76.3 Å². The first-order valence-corrected chi connectivity index (χ1v) is 12.1. The normalized spacial score (nSPS) is 10.9. The van der Waals surface area contributed by atoms with Gasteiger partial charge in [-0.05, 0) is 73.4 Å². The molecule has 1 heterocycles. The number of nitrogens with zero attached hydrogens (tertiary/aromatic N) is 3. The molecule has 0 unspecified atom stereocenters. The Kier molecular flexibility index (Phi) is 7.63. The van der Waals surface area contributed by atoms with Gasteiger partial charge in [0.15, 0.2) is 5.11 Å². The predicted octanol–water partition coefficient (Wildman–Crippen LogP) is 5.86. The van der Waals surface area contributed by atoms with Gasteiger partial charge in [0.25, 0.3) is 5.91 Å². The maximum Gasteiger partial charge on any atom is 0.261 e. The number of ether oxygens (including phenoxy) is 1. The highest BCUT2D eigenvalue weighted by Gasteiger charge is 2.16. The lowest BCUT2D eigenvalue weighted by Gasteiger charge is -2.13. The van der Waals surface area contributed by atoms with Gasteiger partial charge in [0.2, 0.25) is 0 Å². The quantitative estimate of drug-likeness (QED) is 0.305. The number of hydrogen-bond acceptors (Lipinski definition) is 5. The Morgan fingerprint density at radius 3 is 2.51 bits per heavy atom. The summed E-state index contributed by atoms with van der Waals surface area (Å²) in [7, 11) is 1.53. The topological polar surface area (TPSA) is 81.1 Å². The summed E-state index contributed by atoms with van der Waals surface area (Å²) >= 11 is 11.8. The van der Waals surface area contributed by atoms with E-state index in [9.17, 15) is 4.79 Å². The molecule has 0 atom stereocenters. The summed E-state index contributed by atoms with van der Waals surface area (Å²) in [5.41, 5.74) is 5.20. The van der Waals surface area contributed by atoms with Crippen molar-refractivity contribution in [2.24, 2.45) is 0 Å². The predicted molar refractivity (Wildman–Crippen MR) is 144 cm³/mol. The Hall–Kier alpha value is -3.49. The number of unbranched alkanes of at least 4 members (excludes halogenated alkanes) is 1. The lowest BCUT2D eigenvalue weighted by Crippen LogP contribution is -2.34. The van der Waals surface area contributed by atoms with Gasteiger partial charge in [0.05, 0.1) is 29.1 Å². The molecule has 0 aliphatic heterocycles. The van der Waals surface area contributed by atoms with E-state index in [1.165, 1.54) is 19.1 Å². The number of thiocarbonyl (C=S) groups is 1.